The van der Waals surface area contributed by atoms with Crippen molar-refractivity contribution in [2.24, 2.45) is 0 Å². The van der Waals surface area contributed by atoms with E-state index in [1.165, 1.54) is 0 Å². The molecule has 0 atom stereocenters. The van der Waals surface area contributed by atoms with Crippen LogP contribution in [0.25, 0.3) is 0 Å². The highest BCUT2D eigenvalue weighted by Crippen LogP contribution is 2.16. The van der Waals surface area contributed by atoms with E-state index >= 15 is 0 Å². The number of para-hydroxylation sites is 2. The van der Waals surface area contributed by atoms with Crippen LogP contribution in [0.15, 0.2) is 60.7 Å². The number of nitrogens with zero attached hydrogens (tertiary/aromatic N) is 1. The third kappa shape index (κ3) is 5.78. The van der Waals surface area contributed by atoms with Gasteiger partial charge in [-0.15, -0.1) is 0 Å². The van der Waals surface area contributed by atoms with Gasteiger partial charge in [-0.05, 0) is 37.1 Å². The molecule has 0 bridgehead atoms. The van der Waals surface area contributed by atoms with Crippen LogP contribution in [0.1, 0.15) is 32.6 Å². The van der Waals surface area contributed by atoms with Gasteiger partial charge in [0.1, 0.15) is 5.75 Å². The molecule has 0 aliphatic rings. The van der Waals surface area contributed by atoms with Crippen LogP contribution < -0.4 is 9.64 Å². The van der Waals surface area contributed by atoms with Gasteiger partial charge in [-0.2, -0.15) is 0 Å². The summed E-state index contributed by atoms with van der Waals surface area (Å²) in [5.74, 6) is 1.02. The second-order valence-electron chi connectivity index (χ2n) is 5.50. The Hall–Kier alpha value is -2.29. The molecule has 3 nitrogen and oxygen atoms in total. The minimum absolute atomic E-state index is 0.168. The Bertz CT molecular complexity index is 569. The van der Waals surface area contributed by atoms with Crippen molar-refractivity contribution in [2.45, 2.75) is 32.6 Å². The van der Waals surface area contributed by atoms with Gasteiger partial charge in [-0.25, -0.2) is 0 Å². The number of ether oxygens (including phenoxy) is 1. The Morgan fingerprint density at radius 2 is 1.61 bits per heavy atom. The highest BCUT2D eigenvalue weighted by Gasteiger charge is 2.14. The van der Waals surface area contributed by atoms with Crippen LogP contribution in [-0.2, 0) is 4.79 Å². The zero-order chi connectivity index (χ0) is 16.3. The number of anilines is 1. The van der Waals surface area contributed by atoms with E-state index in [4.69, 9.17) is 4.74 Å². The molecule has 0 radical (unpaired) electrons. The second-order valence-corrected chi connectivity index (χ2v) is 5.50. The minimum atomic E-state index is 0.168. The first-order valence-electron chi connectivity index (χ1n) is 8.34. The Labute approximate surface area is 138 Å². The van der Waals surface area contributed by atoms with Crippen molar-refractivity contribution < 1.29 is 9.53 Å². The molecule has 0 aliphatic heterocycles. The lowest BCUT2D eigenvalue weighted by Gasteiger charge is -2.22. The maximum Gasteiger partial charge on any atom is 0.227 e. The molecular formula is C20H25NO2. The van der Waals surface area contributed by atoms with Crippen LogP contribution >= 0.6 is 0 Å². The van der Waals surface area contributed by atoms with Gasteiger partial charge in [0.25, 0.3) is 0 Å². The number of rotatable bonds is 9. The number of benzene rings is 2. The Morgan fingerprint density at radius 3 is 2.26 bits per heavy atom. The molecular weight excluding hydrogens is 286 g/mol. The molecule has 2 aromatic carbocycles. The lowest BCUT2D eigenvalue weighted by Crippen LogP contribution is -2.31. The van der Waals surface area contributed by atoms with Gasteiger partial charge in [0.2, 0.25) is 5.91 Å². The molecule has 122 valence electrons. The third-order valence-electron chi connectivity index (χ3n) is 3.65. The van der Waals surface area contributed by atoms with Crippen LogP contribution in [-0.4, -0.2) is 19.1 Å². The monoisotopic (exact) mass is 311 g/mol. The van der Waals surface area contributed by atoms with Gasteiger partial charge in [0.05, 0.1) is 6.61 Å². The molecule has 1 amide bonds. The number of amides is 1. The fourth-order valence-electron chi connectivity index (χ4n) is 2.39. The van der Waals surface area contributed by atoms with Crippen LogP contribution in [0.4, 0.5) is 5.69 Å². The quantitative estimate of drug-likeness (QED) is 0.629. The van der Waals surface area contributed by atoms with Crippen molar-refractivity contribution in [3.63, 3.8) is 0 Å². The number of unbranched alkanes of at least 4 members (excludes halogenated alkanes) is 1. The van der Waals surface area contributed by atoms with Gasteiger partial charge < -0.3 is 9.64 Å². The highest BCUT2D eigenvalue weighted by atomic mass is 16.5. The molecule has 0 spiro atoms. The average Bonchev–Trinajstić information content (AvgIpc) is 2.61. The van der Waals surface area contributed by atoms with Gasteiger partial charge in [0.15, 0.2) is 0 Å². The van der Waals surface area contributed by atoms with E-state index in [0.717, 1.165) is 37.2 Å². The fraction of sp³-hybridized carbons (Fsp3) is 0.350. The van der Waals surface area contributed by atoms with E-state index in [1.807, 2.05) is 65.6 Å². The zero-order valence-electron chi connectivity index (χ0n) is 13.8. The molecule has 0 aliphatic carbocycles. The zero-order valence-corrected chi connectivity index (χ0v) is 13.8. The van der Waals surface area contributed by atoms with Crippen molar-refractivity contribution in [1.29, 1.82) is 0 Å². The van der Waals surface area contributed by atoms with Crippen molar-refractivity contribution in [3.8, 4) is 5.75 Å². The topological polar surface area (TPSA) is 29.5 Å². The average molecular weight is 311 g/mol. The summed E-state index contributed by atoms with van der Waals surface area (Å²) in [6.07, 6.45) is 3.32. The number of hydrogen-bond donors (Lipinski definition) is 0. The first-order valence-corrected chi connectivity index (χ1v) is 8.34. The summed E-state index contributed by atoms with van der Waals surface area (Å²) in [4.78, 5) is 14.4. The highest BCUT2D eigenvalue weighted by molar-refractivity contribution is 5.93. The van der Waals surface area contributed by atoms with Crippen LogP contribution in [0, 0.1) is 0 Å². The third-order valence-corrected chi connectivity index (χ3v) is 3.65. The van der Waals surface area contributed by atoms with Crippen molar-refractivity contribution in [1.82, 2.24) is 0 Å². The van der Waals surface area contributed by atoms with Gasteiger partial charge >= 0.3 is 0 Å². The van der Waals surface area contributed by atoms with E-state index in [-0.39, 0.29) is 5.91 Å². The smallest absolute Gasteiger partial charge is 0.227 e. The second kappa shape index (κ2) is 9.67. The Balaban J connectivity index is 1.83. The summed E-state index contributed by atoms with van der Waals surface area (Å²) in [6.45, 7) is 3.48. The van der Waals surface area contributed by atoms with E-state index < -0.39 is 0 Å². The normalized spacial score (nSPS) is 10.3. The molecule has 0 N–H and O–H groups in total. The predicted molar refractivity (Wildman–Crippen MR) is 94.9 cm³/mol. The lowest BCUT2D eigenvalue weighted by molar-refractivity contribution is -0.118. The summed E-state index contributed by atoms with van der Waals surface area (Å²) < 4.78 is 5.65. The molecule has 0 fully saturated rings. The first kappa shape index (κ1) is 17.1. The van der Waals surface area contributed by atoms with E-state index in [1.54, 1.807) is 0 Å². The molecule has 0 saturated carbocycles. The van der Waals surface area contributed by atoms with Gasteiger partial charge in [0, 0.05) is 18.7 Å². The molecule has 0 aromatic heterocycles. The Kier molecular flexibility index (Phi) is 7.18. The molecule has 2 aromatic rings. The van der Waals surface area contributed by atoms with E-state index in [9.17, 15) is 4.79 Å². The molecule has 0 heterocycles. The summed E-state index contributed by atoms with van der Waals surface area (Å²) >= 11 is 0. The van der Waals surface area contributed by atoms with Crippen molar-refractivity contribution in [2.75, 3.05) is 18.1 Å². The molecule has 0 saturated heterocycles. The number of carbonyl (C=O) groups excluding carboxylic acids is 1. The molecule has 0 unspecified atom stereocenters. The van der Waals surface area contributed by atoms with Crippen LogP contribution in [0.2, 0.25) is 0 Å². The van der Waals surface area contributed by atoms with Crippen LogP contribution in [0.3, 0.4) is 0 Å². The first-order chi connectivity index (χ1) is 11.3. The minimum Gasteiger partial charge on any atom is -0.494 e. The number of hydrogen-bond acceptors (Lipinski definition) is 2. The summed E-state index contributed by atoms with van der Waals surface area (Å²) in [5, 5.41) is 0. The maximum atomic E-state index is 12.5. The predicted octanol–water partition coefficient (Wildman–Crippen LogP) is 4.68. The molecule has 23 heavy (non-hydrogen) atoms. The number of carbonyl (C=O) groups is 1. The van der Waals surface area contributed by atoms with E-state index in [2.05, 4.69) is 6.92 Å². The summed E-state index contributed by atoms with van der Waals surface area (Å²) in [7, 11) is 0. The standard InChI is InChI=1S/C20H25NO2/c1-2-3-16-21(18-11-6-4-7-12-18)20(22)15-10-17-23-19-13-8-5-9-14-19/h4-9,11-14H,2-3,10,15-17H2,1H3. The summed E-state index contributed by atoms with van der Waals surface area (Å²) in [6, 6.07) is 19.6. The lowest BCUT2D eigenvalue weighted by atomic mass is 10.2. The maximum absolute atomic E-state index is 12.5. The largest absolute Gasteiger partial charge is 0.494 e. The SMILES string of the molecule is CCCCN(C(=O)CCCOc1ccccc1)c1ccccc1. The van der Waals surface area contributed by atoms with Gasteiger partial charge in [-0.3, -0.25) is 4.79 Å². The van der Waals surface area contributed by atoms with Crippen LogP contribution in [0.5, 0.6) is 5.75 Å². The van der Waals surface area contributed by atoms with Crippen molar-refractivity contribution >= 4 is 11.6 Å². The summed E-state index contributed by atoms with van der Waals surface area (Å²) in [5.41, 5.74) is 0.981. The molecule has 3 heteroatoms. The Morgan fingerprint density at radius 1 is 0.957 bits per heavy atom. The molecule has 2 rings (SSSR count). The van der Waals surface area contributed by atoms with Gasteiger partial charge in [-0.1, -0.05) is 49.7 Å². The van der Waals surface area contributed by atoms with E-state index in [0.29, 0.717) is 13.0 Å². The fourth-order valence-corrected chi connectivity index (χ4v) is 2.39. The van der Waals surface area contributed by atoms with Crippen molar-refractivity contribution in [3.05, 3.63) is 60.7 Å².